The van der Waals surface area contributed by atoms with Crippen LogP contribution in [-0.2, 0) is 11.2 Å². The van der Waals surface area contributed by atoms with Gasteiger partial charge < -0.3 is 23.8 Å². The van der Waals surface area contributed by atoms with Crippen LogP contribution in [0.25, 0.3) is 0 Å². The van der Waals surface area contributed by atoms with Gasteiger partial charge in [0.2, 0.25) is 0 Å². The van der Waals surface area contributed by atoms with Crippen LogP contribution in [0.15, 0.2) is 47.5 Å². The van der Waals surface area contributed by atoms with Crippen molar-refractivity contribution in [2.45, 2.75) is 26.4 Å². The number of methoxy groups -OCH3 is 3. The topological polar surface area (TPSA) is 69.6 Å². The van der Waals surface area contributed by atoms with E-state index in [0.717, 1.165) is 5.56 Å². The van der Waals surface area contributed by atoms with Crippen LogP contribution in [0.5, 0.6) is 17.2 Å². The minimum atomic E-state index is -0.387. The lowest BCUT2D eigenvalue weighted by Gasteiger charge is -2.23. The van der Waals surface area contributed by atoms with Crippen molar-refractivity contribution in [2.24, 2.45) is 4.99 Å². The van der Waals surface area contributed by atoms with E-state index in [1.54, 1.807) is 45.6 Å². The molecule has 0 aliphatic carbocycles. The molecule has 30 heavy (non-hydrogen) atoms. The molecule has 0 aromatic heterocycles. The van der Waals surface area contributed by atoms with Gasteiger partial charge in [-0.1, -0.05) is 12.1 Å². The highest BCUT2D eigenvalue weighted by Crippen LogP contribution is 2.27. The second-order valence-electron chi connectivity index (χ2n) is 6.96. The van der Waals surface area contributed by atoms with E-state index < -0.39 is 0 Å². The molecule has 2 aromatic rings. The van der Waals surface area contributed by atoms with Gasteiger partial charge in [-0.25, -0.2) is 0 Å². The van der Waals surface area contributed by atoms with Crippen molar-refractivity contribution in [3.63, 3.8) is 0 Å². The predicted octanol–water partition coefficient (Wildman–Crippen LogP) is 3.81. The standard InChI is InChI=1S/C23H30N2O5/c1-16(2)30-23(24-22(26)18-8-7-9-19(15-18)27-4)25(3)13-12-17-10-11-20(28-5)21(14-17)29-6/h7-11,14-16H,12-13H2,1-6H3. The molecule has 2 aromatic carbocycles. The molecule has 0 heterocycles. The molecule has 0 radical (unpaired) electrons. The Morgan fingerprint density at radius 3 is 2.37 bits per heavy atom. The number of carbonyl (C=O) groups excluding carboxylic acids is 1. The molecule has 1 amide bonds. The van der Waals surface area contributed by atoms with Crippen LogP contribution in [0, 0.1) is 0 Å². The van der Waals surface area contributed by atoms with Crippen molar-refractivity contribution in [2.75, 3.05) is 34.9 Å². The third-order valence-electron chi connectivity index (χ3n) is 4.37. The first kappa shape index (κ1) is 23.1. The first-order valence-corrected chi connectivity index (χ1v) is 9.73. The lowest BCUT2D eigenvalue weighted by atomic mass is 10.1. The number of rotatable bonds is 8. The maximum Gasteiger partial charge on any atom is 0.295 e. The fourth-order valence-electron chi connectivity index (χ4n) is 2.75. The van der Waals surface area contributed by atoms with Crippen LogP contribution in [0.3, 0.4) is 0 Å². The molecule has 162 valence electrons. The van der Waals surface area contributed by atoms with Crippen molar-refractivity contribution < 1.29 is 23.7 Å². The number of aliphatic imine (C=N–C) groups is 1. The number of hydrogen-bond donors (Lipinski definition) is 0. The fraction of sp³-hybridized carbons (Fsp3) is 0.391. The molecule has 0 saturated heterocycles. The van der Waals surface area contributed by atoms with Gasteiger partial charge >= 0.3 is 0 Å². The maximum absolute atomic E-state index is 12.7. The summed E-state index contributed by atoms with van der Waals surface area (Å²) < 4.78 is 21.6. The molecule has 0 atom stereocenters. The summed E-state index contributed by atoms with van der Waals surface area (Å²) in [5.41, 5.74) is 1.51. The first-order chi connectivity index (χ1) is 14.4. The molecular weight excluding hydrogens is 384 g/mol. The van der Waals surface area contributed by atoms with Gasteiger partial charge in [-0.05, 0) is 56.2 Å². The number of amides is 1. The highest BCUT2D eigenvalue weighted by molar-refractivity contribution is 6.01. The average Bonchev–Trinajstić information content (AvgIpc) is 2.76. The molecule has 7 nitrogen and oxygen atoms in total. The van der Waals surface area contributed by atoms with Gasteiger partial charge in [0.15, 0.2) is 11.5 Å². The molecule has 7 heteroatoms. The number of nitrogens with zero attached hydrogens (tertiary/aromatic N) is 2. The summed E-state index contributed by atoms with van der Waals surface area (Å²) in [6.07, 6.45) is 0.593. The number of hydrogen-bond acceptors (Lipinski definition) is 5. The summed E-state index contributed by atoms with van der Waals surface area (Å²) >= 11 is 0. The summed E-state index contributed by atoms with van der Waals surface area (Å²) in [7, 11) is 6.62. The largest absolute Gasteiger partial charge is 0.497 e. The molecular formula is C23H30N2O5. The Balaban J connectivity index is 2.15. The normalized spacial score (nSPS) is 11.2. The Bertz CT molecular complexity index is 880. The van der Waals surface area contributed by atoms with Crippen LogP contribution in [0.4, 0.5) is 0 Å². The Labute approximate surface area is 178 Å². The van der Waals surface area contributed by atoms with Gasteiger partial charge in [0.1, 0.15) is 5.75 Å². The van der Waals surface area contributed by atoms with Crippen molar-refractivity contribution in [1.29, 1.82) is 0 Å². The Kier molecular flexibility index (Phi) is 8.53. The van der Waals surface area contributed by atoms with Crippen molar-refractivity contribution >= 4 is 11.9 Å². The minimum absolute atomic E-state index is 0.120. The highest BCUT2D eigenvalue weighted by atomic mass is 16.5. The third-order valence-corrected chi connectivity index (χ3v) is 4.37. The lowest BCUT2D eigenvalue weighted by Crippen LogP contribution is -2.33. The zero-order valence-corrected chi connectivity index (χ0v) is 18.5. The highest BCUT2D eigenvalue weighted by Gasteiger charge is 2.15. The smallest absolute Gasteiger partial charge is 0.295 e. The van der Waals surface area contributed by atoms with Crippen molar-refractivity contribution in [3.05, 3.63) is 53.6 Å². The van der Waals surface area contributed by atoms with Crippen LogP contribution < -0.4 is 14.2 Å². The van der Waals surface area contributed by atoms with Gasteiger partial charge in [0.25, 0.3) is 11.9 Å². The summed E-state index contributed by atoms with van der Waals surface area (Å²) in [6.45, 7) is 4.40. The number of amidine groups is 1. The number of likely N-dealkylation sites (N-methyl/N-ethyl adjacent to an activating group) is 1. The van der Waals surface area contributed by atoms with E-state index in [0.29, 0.717) is 35.8 Å². The molecule has 0 saturated carbocycles. The molecule has 0 aliphatic rings. The summed E-state index contributed by atoms with van der Waals surface area (Å²) in [5.74, 6) is 1.58. The molecule has 0 fully saturated rings. The molecule has 0 spiro atoms. The second kappa shape index (κ2) is 11.1. The van der Waals surface area contributed by atoms with E-state index in [1.807, 2.05) is 44.0 Å². The zero-order chi connectivity index (χ0) is 22.1. The van der Waals surface area contributed by atoms with Crippen LogP contribution in [0.2, 0.25) is 0 Å². The van der Waals surface area contributed by atoms with Crippen LogP contribution in [0.1, 0.15) is 29.8 Å². The van der Waals surface area contributed by atoms with Gasteiger partial charge in [-0.3, -0.25) is 4.79 Å². The van der Waals surface area contributed by atoms with Crippen LogP contribution in [-0.4, -0.2) is 57.9 Å². The van der Waals surface area contributed by atoms with Gasteiger partial charge in [-0.15, -0.1) is 0 Å². The second-order valence-corrected chi connectivity index (χ2v) is 6.96. The summed E-state index contributed by atoms with van der Waals surface area (Å²) in [5, 5.41) is 0. The summed E-state index contributed by atoms with van der Waals surface area (Å²) in [6, 6.07) is 13.0. The average molecular weight is 415 g/mol. The number of benzene rings is 2. The monoisotopic (exact) mass is 414 g/mol. The molecule has 0 unspecified atom stereocenters. The van der Waals surface area contributed by atoms with E-state index in [-0.39, 0.29) is 18.0 Å². The van der Waals surface area contributed by atoms with E-state index >= 15 is 0 Å². The van der Waals surface area contributed by atoms with Crippen LogP contribution >= 0.6 is 0 Å². The quantitative estimate of drug-likeness (QED) is 0.483. The van der Waals surface area contributed by atoms with Gasteiger partial charge in [-0.2, -0.15) is 4.99 Å². The van der Waals surface area contributed by atoms with E-state index in [4.69, 9.17) is 18.9 Å². The predicted molar refractivity (Wildman–Crippen MR) is 117 cm³/mol. The minimum Gasteiger partial charge on any atom is -0.497 e. The third kappa shape index (κ3) is 6.40. The summed E-state index contributed by atoms with van der Waals surface area (Å²) in [4.78, 5) is 18.7. The number of carbonyl (C=O) groups is 1. The number of ether oxygens (including phenoxy) is 4. The zero-order valence-electron chi connectivity index (χ0n) is 18.5. The van der Waals surface area contributed by atoms with E-state index in [9.17, 15) is 4.79 Å². The Hall–Kier alpha value is -3.22. The lowest BCUT2D eigenvalue weighted by molar-refractivity contribution is 0.0990. The van der Waals surface area contributed by atoms with E-state index in [2.05, 4.69) is 4.99 Å². The maximum atomic E-state index is 12.7. The first-order valence-electron chi connectivity index (χ1n) is 9.73. The molecule has 0 N–H and O–H groups in total. The van der Waals surface area contributed by atoms with Crippen molar-refractivity contribution in [1.82, 2.24) is 4.90 Å². The van der Waals surface area contributed by atoms with Gasteiger partial charge in [0, 0.05) is 19.2 Å². The Morgan fingerprint density at radius 1 is 1.00 bits per heavy atom. The SMILES string of the molecule is COc1cccc(C(=O)N=C(OC(C)C)N(C)CCc2ccc(OC)c(OC)c2)c1. The Morgan fingerprint density at radius 2 is 1.73 bits per heavy atom. The fourth-order valence-corrected chi connectivity index (χ4v) is 2.75. The van der Waals surface area contributed by atoms with Crippen molar-refractivity contribution in [3.8, 4) is 17.2 Å². The molecule has 2 rings (SSSR count). The molecule has 0 aliphatic heterocycles. The van der Waals surface area contributed by atoms with Gasteiger partial charge in [0.05, 0.1) is 27.4 Å². The van der Waals surface area contributed by atoms with E-state index in [1.165, 1.54) is 0 Å². The molecule has 0 bridgehead atoms.